The highest BCUT2D eigenvalue weighted by Crippen LogP contribution is 2.24. The van der Waals surface area contributed by atoms with E-state index in [1.54, 1.807) is 30.5 Å². The summed E-state index contributed by atoms with van der Waals surface area (Å²) in [4.78, 5) is 12.8. The number of ether oxygens (including phenoxy) is 1. The molecule has 0 radical (unpaired) electrons. The smallest absolute Gasteiger partial charge is 0.263 e. The van der Waals surface area contributed by atoms with E-state index in [-0.39, 0.29) is 0 Å². The lowest BCUT2D eigenvalue weighted by molar-refractivity contribution is -0.121. The number of sulfonamides is 1. The lowest BCUT2D eigenvalue weighted by atomic mass is 10.2. The van der Waals surface area contributed by atoms with E-state index >= 15 is 0 Å². The van der Waals surface area contributed by atoms with Crippen molar-refractivity contribution in [3.63, 3.8) is 0 Å². The average Bonchev–Trinajstić information content (AvgIpc) is 3.07. The van der Waals surface area contributed by atoms with Gasteiger partial charge in [0.15, 0.2) is 0 Å². The topological polar surface area (TPSA) is 93.0 Å². The molecule has 0 fully saturated rings. The number of hydrazone groups is 1. The number of hydrogen-bond acceptors (Lipinski definition) is 5. The van der Waals surface area contributed by atoms with Crippen LogP contribution in [0.25, 0.3) is 5.69 Å². The van der Waals surface area contributed by atoms with Crippen molar-refractivity contribution in [1.29, 1.82) is 0 Å². The van der Waals surface area contributed by atoms with Gasteiger partial charge in [0.2, 0.25) is 10.0 Å². The molecular weight excluding hydrogens is 452 g/mol. The molecule has 0 aliphatic heterocycles. The Morgan fingerprint density at radius 1 is 1.09 bits per heavy atom. The van der Waals surface area contributed by atoms with Gasteiger partial charge in [-0.3, -0.25) is 9.10 Å². The lowest BCUT2D eigenvalue weighted by Crippen LogP contribution is -2.46. The summed E-state index contributed by atoms with van der Waals surface area (Å²) in [7, 11) is -2.20. The number of hydrogen-bond donors (Lipinski definition) is 1. The third-order valence-corrected chi connectivity index (χ3v) is 6.80. The van der Waals surface area contributed by atoms with Crippen molar-refractivity contribution >= 4 is 27.8 Å². The van der Waals surface area contributed by atoms with Gasteiger partial charge in [0.1, 0.15) is 11.8 Å². The van der Waals surface area contributed by atoms with Crippen molar-refractivity contribution in [2.24, 2.45) is 5.10 Å². The second-order valence-corrected chi connectivity index (χ2v) is 10.0. The highest BCUT2D eigenvalue weighted by atomic mass is 32.2. The van der Waals surface area contributed by atoms with Gasteiger partial charge in [-0.25, -0.2) is 13.8 Å². The van der Waals surface area contributed by atoms with E-state index in [9.17, 15) is 13.2 Å². The maximum Gasteiger partial charge on any atom is 0.263 e. The number of anilines is 1. The first-order valence-electron chi connectivity index (χ1n) is 10.7. The molecular formula is C25H30N4O4S. The Hall–Kier alpha value is -3.59. The van der Waals surface area contributed by atoms with Crippen LogP contribution in [0.1, 0.15) is 29.4 Å². The molecule has 0 aliphatic carbocycles. The summed E-state index contributed by atoms with van der Waals surface area (Å²) in [5.41, 5.74) is 7.91. The molecule has 1 amide bonds. The molecule has 1 atom stereocenters. The molecule has 1 heterocycles. The number of nitrogens with zero attached hydrogens (tertiary/aromatic N) is 3. The minimum absolute atomic E-state index is 0.358. The number of aromatic nitrogens is 1. The normalized spacial score (nSPS) is 12.5. The van der Waals surface area contributed by atoms with E-state index in [2.05, 4.69) is 39.4 Å². The van der Waals surface area contributed by atoms with E-state index < -0.39 is 22.0 Å². The van der Waals surface area contributed by atoms with Gasteiger partial charge in [-0.05, 0) is 70.2 Å². The van der Waals surface area contributed by atoms with Crippen LogP contribution in [-0.2, 0) is 14.8 Å². The van der Waals surface area contributed by atoms with E-state index in [0.29, 0.717) is 11.4 Å². The fraction of sp³-hybridized carbons (Fsp3) is 0.280. The van der Waals surface area contributed by atoms with Gasteiger partial charge in [-0.1, -0.05) is 17.7 Å². The highest BCUT2D eigenvalue weighted by molar-refractivity contribution is 7.92. The Morgan fingerprint density at radius 3 is 2.26 bits per heavy atom. The average molecular weight is 483 g/mol. The molecule has 180 valence electrons. The number of methoxy groups -OCH3 is 1. The molecule has 9 heteroatoms. The molecule has 0 saturated carbocycles. The Labute approximate surface area is 200 Å². The van der Waals surface area contributed by atoms with Gasteiger partial charge < -0.3 is 9.30 Å². The number of rotatable bonds is 8. The van der Waals surface area contributed by atoms with Crippen molar-refractivity contribution in [2.75, 3.05) is 17.7 Å². The Bertz CT molecular complexity index is 1290. The molecule has 3 aromatic rings. The molecule has 0 aliphatic rings. The largest absolute Gasteiger partial charge is 0.497 e. The molecule has 0 bridgehead atoms. The molecule has 0 unspecified atom stereocenters. The summed E-state index contributed by atoms with van der Waals surface area (Å²) in [6, 6.07) is 15.6. The molecule has 0 spiro atoms. The van der Waals surface area contributed by atoms with Gasteiger partial charge in [0.25, 0.3) is 5.91 Å². The number of carbonyl (C=O) groups is 1. The van der Waals surface area contributed by atoms with Crippen LogP contribution in [-0.4, -0.2) is 44.5 Å². The SMILES string of the molecule is COc1ccc(N([C@@H](C)C(=O)N/N=C\c2cc(C)n(-c3ccc(C)cc3)c2C)S(C)(=O)=O)cc1. The van der Waals surface area contributed by atoms with Crippen molar-refractivity contribution in [3.8, 4) is 11.4 Å². The van der Waals surface area contributed by atoms with Gasteiger partial charge in [0, 0.05) is 22.6 Å². The first-order valence-corrected chi connectivity index (χ1v) is 12.6. The number of nitrogens with one attached hydrogen (secondary N) is 1. The molecule has 1 N–H and O–H groups in total. The monoisotopic (exact) mass is 482 g/mol. The van der Waals surface area contributed by atoms with Gasteiger partial charge in [-0.2, -0.15) is 5.10 Å². The van der Waals surface area contributed by atoms with Crippen molar-refractivity contribution in [1.82, 2.24) is 9.99 Å². The predicted octanol–water partition coefficient (Wildman–Crippen LogP) is 3.72. The van der Waals surface area contributed by atoms with Crippen LogP contribution in [0.3, 0.4) is 0 Å². The summed E-state index contributed by atoms with van der Waals surface area (Å²) in [5, 5.41) is 4.09. The summed E-state index contributed by atoms with van der Waals surface area (Å²) in [5.74, 6) is 0.0342. The highest BCUT2D eigenvalue weighted by Gasteiger charge is 2.29. The zero-order valence-electron chi connectivity index (χ0n) is 20.2. The van der Waals surface area contributed by atoms with Crippen LogP contribution in [0.4, 0.5) is 5.69 Å². The fourth-order valence-corrected chi connectivity index (χ4v) is 4.98. The fourth-order valence-electron chi connectivity index (χ4n) is 3.81. The predicted molar refractivity (Wildman–Crippen MR) is 135 cm³/mol. The molecule has 8 nitrogen and oxygen atoms in total. The third-order valence-electron chi connectivity index (χ3n) is 5.56. The molecule has 2 aromatic carbocycles. The quantitative estimate of drug-likeness (QED) is 0.391. The zero-order chi connectivity index (χ0) is 25.0. The summed E-state index contributed by atoms with van der Waals surface area (Å²) >= 11 is 0. The maximum atomic E-state index is 12.8. The molecule has 1 aromatic heterocycles. The molecule has 34 heavy (non-hydrogen) atoms. The second kappa shape index (κ2) is 10.1. The first-order chi connectivity index (χ1) is 16.0. The summed E-state index contributed by atoms with van der Waals surface area (Å²) in [6.45, 7) is 7.54. The van der Waals surface area contributed by atoms with Crippen molar-refractivity contribution in [2.45, 2.75) is 33.7 Å². The third kappa shape index (κ3) is 5.48. The van der Waals surface area contributed by atoms with Crippen LogP contribution in [0, 0.1) is 20.8 Å². The minimum Gasteiger partial charge on any atom is -0.497 e. The van der Waals surface area contributed by atoms with Crippen LogP contribution in [0.15, 0.2) is 59.7 Å². The number of aryl methyl sites for hydroxylation is 2. The van der Waals surface area contributed by atoms with Gasteiger partial charge in [-0.15, -0.1) is 0 Å². The lowest BCUT2D eigenvalue weighted by Gasteiger charge is -2.27. The number of benzene rings is 2. The summed E-state index contributed by atoms with van der Waals surface area (Å²) < 4.78 is 33.2. The van der Waals surface area contributed by atoms with Crippen LogP contribution >= 0.6 is 0 Å². The Balaban J connectivity index is 1.78. The van der Waals surface area contributed by atoms with Gasteiger partial charge >= 0.3 is 0 Å². The second-order valence-electron chi connectivity index (χ2n) is 8.16. The number of carbonyl (C=O) groups excluding carboxylic acids is 1. The van der Waals surface area contributed by atoms with E-state index in [0.717, 1.165) is 33.2 Å². The Kier molecular flexibility index (Phi) is 7.46. The van der Waals surface area contributed by atoms with E-state index in [1.165, 1.54) is 19.6 Å². The van der Waals surface area contributed by atoms with Crippen LogP contribution in [0.5, 0.6) is 5.75 Å². The van der Waals surface area contributed by atoms with Crippen molar-refractivity contribution in [3.05, 3.63) is 77.1 Å². The van der Waals surface area contributed by atoms with Gasteiger partial charge in [0.05, 0.1) is 25.3 Å². The molecule has 3 rings (SSSR count). The van der Waals surface area contributed by atoms with Crippen molar-refractivity contribution < 1.29 is 17.9 Å². The van der Waals surface area contributed by atoms with E-state index in [1.807, 2.05) is 26.8 Å². The maximum absolute atomic E-state index is 12.8. The first kappa shape index (κ1) is 25.0. The summed E-state index contributed by atoms with van der Waals surface area (Å²) in [6.07, 6.45) is 2.63. The Morgan fingerprint density at radius 2 is 1.71 bits per heavy atom. The van der Waals surface area contributed by atoms with Crippen LogP contribution < -0.4 is 14.5 Å². The number of amides is 1. The molecule has 0 saturated heterocycles. The van der Waals surface area contributed by atoms with Crippen LogP contribution in [0.2, 0.25) is 0 Å². The standard InChI is InChI=1S/C25H30N4O4S/c1-17-7-9-22(10-8-17)28-18(2)15-21(19(28)3)16-26-27-25(30)20(4)29(34(6,31)32)23-11-13-24(33-5)14-12-23/h7-16,20H,1-6H3,(H,27,30)/b26-16-/t20-/m0/s1. The minimum atomic E-state index is -3.73. The van der Waals surface area contributed by atoms with E-state index in [4.69, 9.17) is 4.74 Å². The zero-order valence-corrected chi connectivity index (χ0v) is 21.1.